The van der Waals surface area contributed by atoms with Gasteiger partial charge in [-0.3, -0.25) is 0 Å². The van der Waals surface area contributed by atoms with Crippen LogP contribution >= 0.6 is 0 Å². The van der Waals surface area contributed by atoms with Crippen molar-refractivity contribution >= 4 is 0 Å². The SMILES string of the molecule is COc1cc(-c2ncc3c(n2)CCNC3)ncn1. The van der Waals surface area contributed by atoms with Crippen LogP contribution in [0.5, 0.6) is 5.88 Å². The molecule has 1 aliphatic heterocycles. The van der Waals surface area contributed by atoms with Gasteiger partial charge in [-0.05, 0) is 0 Å². The van der Waals surface area contributed by atoms with Crippen molar-refractivity contribution in [2.24, 2.45) is 0 Å². The van der Waals surface area contributed by atoms with Crippen molar-refractivity contribution in [1.29, 1.82) is 0 Å². The summed E-state index contributed by atoms with van der Waals surface area (Å²) in [4.78, 5) is 17.0. The van der Waals surface area contributed by atoms with E-state index in [2.05, 4.69) is 25.3 Å². The van der Waals surface area contributed by atoms with Gasteiger partial charge >= 0.3 is 0 Å². The van der Waals surface area contributed by atoms with Gasteiger partial charge in [-0.25, -0.2) is 19.9 Å². The molecule has 0 spiro atoms. The molecule has 0 saturated heterocycles. The summed E-state index contributed by atoms with van der Waals surface area (Å²) in [5.41, 5.74) is 2.94. The number of aromatic nitrogens is 4. The van der Waals surface area contributed by atoms with Gasteiger partial charge in [0, 0.05) is 37.3 Å². The highest BCUT2D eigenvalue weighted by atomic mass is 16.5. The molecule has 0 aromatic carbocycles. The highest BCUT2D eigenvalue weighted by Gasteiger charge is 2.13. The third-order valence-electron chi connectivity index (χ3n) is 2.89. The molecule has 2 aromatic heterocycles. The lowest BCUT2D eigenvalue weighted by molar-refractivity contribution is 0.397. The van der Waals surface area contributed by atoms with Crippen LogP contribution in [0.2, 0.25) is 0 Å². The van der Waals surface area contributed by atoms with Crippen LogP contribution in [0.1, 0.15) is 11.3 Å². The minimum Gasteiger partial charge on any atom is -0.481 e. The normalized spacial score (nSPS) is 14.1. The van der Waals surface area contributed by atoms with Crippen molar-refractivity contribution in [1.82, 2.24) is 25.3 Å². The van der Waals surface area contributed by atoms with E-state index in [1.165, 1.54) is 6.33 Å². The largest absolute Gasteiger partial charge is 0.481 e. The number of hydrogen-bond donors (Lipinski definition) is 1. The van der Waals surface area contributed by atoms with Gasteiger partial charge in [0.25, 0.3) is 0 Å². The van der Waals surface area contributed by atoms with Crippen molar-refractivity contribution in [3.63, 3.8) is 0 Å². The Bertz CT molecular complexity index is 572. The van der Waals surface area contributed by atoms with Crippen LogP contribution in [0.25, 0.3) is 11.5 Å². The Labute approximate surface area is 104 Å². The molecule has 18 heavy (non-hydrogen) atoms. The molecular weight excluding hydrogens is 230 g/mol. The first kappa shape index (κ1) is 11.0. The van der Waals surface area contributed by atoms with Gasteiger partial charge in [-0.2, -0.15) is 0 Å². The molecule has 6 nitrogen and oxygen atoms in total. The minimum absolute atomic E-state index is 0.517. The maximum atomic E-state index is 5.07. The highest BCUT2D eigenvalue weighted by Crippen LogP contribution is 2.18. The molecule has 0 saturated carbocycles. The molecule has 6 heteroatoms. The summed E-state index contributed by atoms with van der Waals surface area (Å²) in [7, 11) is 1.57. The van der Waals surface area contributed by atoms with Gasteiger partial charge in [0.15, 0.2) is 5.82 Å². The second-order valence-corrected chi connectivity index (χ2v) is 4.04. The number of hydrogen-bond acceptors (Lipinski definition) is 6. The average molecular weight is 243 g/mol. The molecule has 0 radical (unpaired) electrons. The van der Waals surface area contributed by atoms with Crippen LogP contribution in [0, 0.1) is 0 Å². The number of nitrogens with one attached hydrogen (secondary N) is 1. The highest BCUT2D eigenvalue weighted by molar-refractivity contribution is 5.50. The zero-order valence-electron chi connectivity index (χ0n) is 10.1. The van der Waals surface area contributed by atoms with Crippen LogP contribution in [0.15, 0.2) is 18.6 Å². The van der Waals surface area contributed by atoms with Gasteiger partial charge < -0.3 is 10.1 Å². The number of nitrogens with zero attached hydrogens (tertiary/aromatic N) is 4. The van der Waals surface area contributed by atoms with Gasteiger partial charge in [0.05, 0.1) is 12.8 Å². The molecule has 0 atom stereocenters. The summed E-state index contributed by atoms with van der Waals surface area (Å²) in [6.45, 7) is 1.79. The van der Waals surface area contributed by atoms with E-state index < -0.39 is 0 Å². The van der Waals surface area contributed by atoms with Crippen molar-refractivity contribution in [3.05, 3.63) is 29.8 Å². The lowest BCUT2D eigenvalue weighted by Crippen LogP contribution is -2.25. The lowest BCUT2D eigenvalue weighted by atomic mass is 10.1. The van der Waals surface area contributed by atoms with E-state index in [0.29, 0.717) is 17.4 Å². The van der Waals surface area contributed by atoms with E-state index in [4.69, 9.17) is 4.74 Å². The lowest BCUT2D eigenvalue weighted by Gasteiger charge is -2.15. The van der Waals surface area contributed by atoms with E-state index in [-0.39, 0.29) is 0 Å². The van der Waals surface area contributed by atoms with Crippen molar-refractivity contribution in [2.45, 2.75) is 13.0 Å². The topological polar surface area (TPSA) is 72.8 Å². The minimum atomic E-state index is 0.517. The van der Waals surface area contributed by atoms with E-state index in [0.717, 1.165) is 30.8 Å². The quantitative estimate of drug-likeness (QED) is 0.832. The van der Waals surface area contributed by atoms with Crippen LogP contribution in [-0.4, -0.2) is 33.6 Å². The average Bonchev–Trinajstić information content (AvgIpc) is 2.47. The van der Waals surface area contributed by atoms with Crippen molar-refractivity contribution in [2.75, 3.05) is 13.7 Å². The Morgan fingerprint density at radius 1 is 1.28 bits per heavy atom. The molecule has 0 unspecified atom stereocenters. The molecule has 2 aromatic rings. The Balaban J connectivity index is 2.00. The van der Waals surface area contributed by atoms with Gasteiger partial charge in [-0.1, -0.05) is 0 Å². The second kappa shape index (κ2) is 4.66. The van der Waals surface area contributed by atoms with Crippen LogP contribution in [0.3, 0.4) is 0 Å². The van der Waals surface area contributed by atoms with Gasteiger partial charge in [-0.15, -0.1) is 0 Å². The number of rotatable bonds is 2. The fraction of sp³-hybridized carbons (Fsp3) is 0.333. The van der Waals surface area contributed by atoms with Crippen LogP contribution in [0.4, 0.5) is 0 Å². The fourth-order valence-electron chi connectivity index (χ4n) is 1.93. The maximum absolute atomic E-state index is 5.07. The molecule has 3 rings (SSSR count). The molecule has 0 aliphatic carbocycles. The summed E-state index contributed by atoms with van der Waals surface area (Å²) in [5.74, 6) is 1.14. The predicted octanol–water partition coefficient (Wildman–Crippen LogP) is 0.588. The summed E-state index contributed by atoms with van der Waals surface area (Å²) < 4.78 is 5.07. The van der Waals surface area contributed by atoms with E-state index in [1.807, 2.05) is 6.20 Å². The monoisotopic (exact) mass is 243 g/mol. The molecular formula is C12H13N5O. The smallest absolute Gasteiger partial charge is 0.216 e. The van der Waals surface area contributed by atoms with E-state index in [9.17, 15) is 0 Å². The Hall–Kier alpha value is -2.08. The number of fused-ring (bicyclic) bond motifs is 1. The molecule has 0 amide bonds. The predicted molar refractivity (Wildman–Crippen MR) is 65.0 cm³/mol. The summed E-state index contributed by atoms with van der Waals surface area (Å²) in [6.07, 6.45) is 4.24. The summed E-state index contributed by atoms with van der Waals surface area (Å²) in [6, 6.07) is 1.74. The third kappa shape index (κ3) is 2.02. The van der Waals surface area contributed by atoms with Crippen LogP contribution in [-0.2, 0) is 13.0 Å². The van der Waals surface area contributed by atoms with E-state index >= 15 is 0 Å². The van der Waals surface area contributed by atoms with Gasteiger partial charge in [0.2, 0.25) is 5.88 Å². The summed E-state index contributed by atoms with van der Waals surface area (Å²) >= 11 is 0. The molecule has 0 fully saturated rings. The van der Waals surface area contributed by atoms with Gasteiger partial charge in [0.1, 0.15) is 12.0 Å². The Morgan fingerprint density at radius 2 is 2.22 bits per heavy atom. The molecule has 0 bridgehead atoms. The number of ether oxygens (including phenoxy) is 1. The first-order chi connectivity index (χ1) is 8.86. The second-order valence-electron chi connectivity index (χ2n) is 4.04. The van der Waals surface area contributed by atoms with Crippen molar-refractivity contribution in [3.8, 4) is 17.4 Å². The van der Waals surface area contributed by atoms with Crippen molar-refractivity contribution < 1.29 is 4.74 Å². The third-order valence-corrected chi connectivity index (χ3v) is 2.89. The van der Waals surface area contributed by atoms with Crippen LogP contribution < -0.4 is 10.1 Å². The molecule has 1 aliphatic rings. The summed E-state index contributed by atoms with van der Waals surface area (Å²) in [5, 5.41) is 3.29. The standard InChI is InChI=1S/C12H13N5O/c1-18-11-4-10(15-7-16-11)12-14-6-8-5-13-3-2-9(8)17-12/h4,6-7,13H,2-3,5H2,1H3. The molecule has 3 heterocycles. The Morgan fingerprint density at radius 3 is 3.11 bits per heavy atom. The first-order valence-corrected chi connectivity index (χ1v) is 5.79. The fourth-order valence-corrected chi connectivity index (χ4v) is 1.93. The molecule has 1 N–H and O–H groups in total. The first-order valence-electron chi connectivity index (χ1n) is 5.79. The molecule has 92 valence electrons. The zero-order chi connectivity index (χ0) is 12.4. The van der Waals surface area contributed by atoms with E-state index in [1.54, 1.807) is 13.2 Å². The zero-order valence-corrected chi connectivity index (χ0v) is 10.1. The Kier molecular flexibility index (Phi) is 2.85. The number of methoxy groups -OCH3 is 1. The maximum Gasteiger partial charge on any atom is 0.216 e.